The Kier molecular flexibility index (Phi) is 13.9. The molecule has 101 heavy (non-hydrogen) atoms. The van der Waals surface area contributed by atoms with E-state index in [9.17, 15) is 0 Å². The largest absolute Gasteiger partial charge is 0.411 e. The number of fused-ring (bicyclic) bond motifs is 15. The molecule has 0 spiro atoms. The summed E-state index contributed by atoms with van der Waals surface area (Å²) in [5.41, 5.74) is -39.8. The lowest BCUT2D eigenvalue weighted by atomic mass is 9.71. The van der Waals surface area contributed by atoms with Gasteiger partial charge in [0.25, 0.3) is 0 Å². The first-order chi connectivity index (χ1) is 47.1. The van der Waals surface area contributed by atoms with Gasteiger partial charge in [0.05, 0.1) is 0 Å². The highest BCUT2D eigenvalue weighted by molar-refractivity contribution is 6.00. The molecule has 0 fully saturated rings. The van der Waals surface area contributed by atoms with E-state index in [4.69, 9.17) is 0 Å². The Morgan fingerprint density at radius 3 is 0.574 bits per heavy atom. The molecular formula is C77H42F24. The first-order valence-corrected chi connectivity index (χ1v) is 31.0. The van der Waals surface area contributed by atoms with E-state index < -0.39 is 210 Å². The molecule has 0 nitrogen and oxygen atoms in total. The molecule has 10 aromatic rings. The van der Waals surface area contributed by atoms with Crippen molar-refractivity contribution in [1.82, 2.24) is 0 Å². The molecule has 0 radical (unpaired) electrons. The van der Waals surface area contributed by atoms with Gasteiger partial charge < -0.3 is 0 Å². The van der Waals surface area contributed by atoms with Gasteiger partial charge in [-0.15, -0.1) is 0 Å². The summed E-state index contributed by atoms with van der Waals surface area (Å²) in [7, 11) is 0. The highest BCUT2D eigenvalue weighted by Crippen LogP contribution is 2.70. The predicted octanol–water partition coefficient (Wildman–Crippen LogP) is 25.0. The Labute approximate surface area is 556 Å². The van der Waals surface area contributed by atoms with Gasteiger partial charge >= 0.3 is 49.4 Å². The first kappa shape index (κ1) is 67.3. The molecule has 0 heterocycles. The highest BCUT2D eigenvalue weighted by atomic mass is 19.4. The van der Waals surface area contributed by atoms with Gasteiger partial charge in [-0.05, 0) is 217 Å². The molecule has 0 saturated heterocycles. The Bertz CT molecular complexity index is 4800. The van der Waals surface area contributed by atoms with Crippen molar-refractivity contribution in [2.45, 2.75) is 103 Å². The molecule has 0 amide bonds. The second-order valence-corrected chi connectivity index (χ2v) is 25.9. The number of rotatable bonds is 6. The minimum absolute atomic E-state index is 0.0460. The molecule has 0 aliphatic heterocycles. The normalized spacial score (nSPS) is 17.1. The van der Waals surface area contributed by atoms with Crippen LogP contribution in [0, 0.1) is 0 Å². The number of benzene rings is 10. The Hall–Kier alpha value is -9.48. The van der Waals surface area contributed by atoms with Crippen molar-refractivity contribution in [1.29, 1.82) is 0 Å². The average Bonchev–Trinajstić information content (AvgIpc) is 1.56. The van der Waals surface area contributed by atoms with Crippen LogP contribution in [0.25, 0.3) is 100 Å². The van der Waals surface area contributed by atoms with Crippen LogP contribution in [0.4, 0.5) is 105 Å². The van der Waals surface area contributed by atoms with Crippen molar-refractivity contribution >= 4 is 0 Å². The topological polar surface area (TPSA) is 0 Å². The Balaban J connectivity index is 1.06. The molecule has 5 aliphatic carbocycles. The predicted molar refractivity (Wildman–Crippen MR) is 328 cm³/mol. The summed E-state index contributed by atoms with van der Waals surface area (Å²) in [5.74, 6) is 0. The van der Waals surface area contributed by atoms with E-state index in [0.29, 0.717) is 48.5 Å². The van der Waals surface area contributed by atoms with Gasteiger partial charge in [-0.1, -0.05) is 159 Å². The van der Waals surface area contributed by atoms with Crippen LogP contribution in [0.3, 0.4) is 0 Å². The van der Waals surface area contributed by atoms with E-state index in [0.717, 1.165) is 109 Å². The van der Waals surface area contributed by atoms with Gasteiger partial charge in [-0.2, -0.15) is 105 Å². The van der Waals surface area contributed by atoms with Gasteiger partial charge in [0, 0.05) is 5.41 Å². The molecule has 0 aromatic heterocycles. The summed E-state index contributed by atoms with van der Waals surface area (Å²) in [5, 5.41) is 0. The number of alkyl halides is 24. The van der Waals surface area contributed by atoms with Gasteiger partial charge in [0.1, 0.15) is 0 Å². The lowest BCUT2D eigenvalue weighted by molar-refractivity contribution is -0.288. The van der Waals surface area contributed by atoms with Crippen LogP contribution < -0.4 is 0 Å². The average molecular weight is 1420 g/mol. The smallest absolute Gasteiger partial charge is 0.169 e. The molecule has 518 valence electrons. The van der Waals surface area contributed by atoms with E-state index in [-0.39, 0.29) is 35.1 Å². The van der Waals surface area contributed by atoms with Crippen molar-refractivity contribution in [2.75, 3.05) is 0 Å². The fraction of sp³-hybridized carbons (Fsp3) is 0.221. The van der Waals surface area contributed by atoms with Gasteiger partial charge in [0.15, 0.2) is 0 Å². The van der Waals surface area contributed by atoms with Crippen LogP contribution in [0.1, 0.15) is 82.3 Å². The molecule has 10 aromatic carbocycles. The van der Waals surface area contributed by atoms with Crippen molar-refractivity contribution in [2.24, 2.45) is 0 Å². The Morgan fingerprint density at radius 2 is 0.376 bits per heavy atom. The standard InChI is InChI=1S/C77H42F24/c1-3-65(4-2)59-35-51(39-23-27-47-43-15-7-11-19-57(43)68(63(47)31-39,74(90,91)92)75(93,94)95)49(37-21-25-45-41-13-5-9-17-55(41)66(61(45)29-37,70(78,79)80)71(81,82)83)33-53(59)54-34-50(38-22-26-46-42-14-6-10-18-56(42)67(62(46)30-38,72(84,85)86)73(87,88)89)52(36-60(54)65)40-24-28-48-44-16-8-12-20-58(44)69(64(48)32-40,76(96,97)98)77(99,100)101/h5-36H,3-4H2,1-2H3. The number of halogens is 24. The third kappa shape index (κ3) is 8.29. The van der Waals surface area contributed by atoms with Crippen LogP contribution in [-0.2, 0) is 27.1 Å². The zero-order valence-electron chi connectivity index (χ0n) is 51.5. The molecular weight excluding hydrogens is 1380 g/mol. The molecule has 5 aliphatic rings. The lowest BCUT2D eigenvalue weighted by Gasteiger charge is -2.36. The highest BCUT2D eigenvalue weighted by Gasteiger charge is 2.79. The van der Waals surface area contributed by atoms with E-state index in [1.54, 1.807) is 13.8 Å². The van der Waals surface area contributed by atoms with Crippen molar-refractivity contribution < 1.29 is 105 Å². The van der Waals surface area contributed by atoms with Gasteiger partial charge in [-0.3, -0.25) is 0 Å². The second kappa shape index (κ2) is 20.9. The molecule has 0 saturated carbocycles. The molecule has 24 heteroatoms. The van der Waals surface area contributed by atoms with Crippen molar-refractivity contribution in [3.63, 3.8) is 0 Å². The van der Waals surface area contributed by atoms with Gasteiger partial charge in [0.2, 0.25) is 21.7 Å². The van der Waals surface area contributed by atoms with Crippen molar-refractivity contribution in [3.05, 3.63) is 250 Å². The first-order valence-electron chi connectivity index (χ1n) is 31.0. The SMILES string of the molecule is CCC1(CC)c2cc(-c3ccc4c(c3)C(C(F)(F)F)(C(F)(F)F)c3ccccc3-4)c(-c3ccc4c(c3)C(C(F)(F)F)(C(F)(F)F)c3ccccc3-4)cc2-c2cc(-c3ccc4c(c3)C(C(F)(F)F)(C(F)(F)F)c3ccccc3-4)c(-c3ccc4c(c3)C(C(F)(F)F)(C(F)(F)F)c3ccccc3-4)cc21. The summed E-state index contributed by atoms with van der Waals surface area (Å²) >= 11 is 0. The minimum Gasteiger partial charge on any atom is -0.169 e. The van der Waals surface area contributed by atoms with Crippen LogP contribution >= 0.6 is 0 Å². The summed E-state index contributed by atoms with van der Waals surface area (Å²) in [6.45, 7) is 3.12. The van der Waals surface area contributed by atoms with Crippen LogP contribution in [0.5, 0.6) is 0 Å². The third-order valence-corrected chi connectivity index (χ3v) is 21.7. The second-order valence-electron chi connectivity index (χ2n) is 25.9. The molecule has 0 atom stereocenters. The van der Waals surface area contributed by atoms with E-state index >= 15 is 105 Å². The van der Waals surface area contributed by atoms with E-state index in [2.05, 4.69) is 0 Å². The lowest BCUT2D eigenvalue weighted by Crippen LogP contribution is -2.53. The molecule has 15 rings (SSSR count). The fourth-order valence-electron chi connectivity index (χ4n) is 17.4. The summed E-state index contributed by atoms with van der Waals surface area (Å²) in [6, 6.07) is 29.8. The van der Waals surface area contributed by atoms with Crippen LogP contribution in [0.2, 0.25) is 0 Å². The quantitative estimate of drug-likeness (QED) is 0.146. The molecule has 0 bridgehead atoms. The third-order valence-electron chi connectivity index (χ3n) is 21.7. The van der Waals surface area contributed by atoms with E-state index in [1.807, 2.05) is 0 Å². The van der Waals surface area contributed by atoms with Crippen molar-refractivity contribution in [3.8, 4) is 100 Å². The zero-order chi connectivity index (χ0) is 72.7. The van der Waals surface area contributed by atoms with Crippen LogP contribution in [0.15, 0.2) is 194 Å². The summed E-state index contributed by atoms with van der Waals surface area (Å²) in [4.78, 5) is 0. The molecule has 0 N–H and O–H groups in total. The van der Waals surface area contributed by atoms with Crippen LogP contribution in [-0.4, -0.2) is 49.4 Å². The number of hydrogen-bond acceptors (Lipinski definition) is 0. The monoisotopic (exact) mass is 1420 g/mol. The maximum Gasteiger partial charge on any atom is 0.411 e. The molecule has 0 unspecified atom stereocenters. The summed E-state index contributed by atoms with van der Waals surface area (Å²) < 4.78 is 382. The minimum atomic E-state index is -6.20. The Morgan fingerprint density at radius 1 is 0.188 bits per heavy atom. The zero-order valence-corrected chi connectivity index (χ0v) is 51.5. The summed E-state index contributed by atoms with van der Waals surface area (Å²) in [6.07, 6.45) is -49.8. The van der Waals surface area contributed by atoms with E-state index in [1.165, 1.54) is 36.4 Å². The maximum absolute atomic E-state index is 16.0. The maximum atomic E-state index is 16.0. The number of hydrogen-bond donors (Lipinski definition) is 0. The fourth-order valence-corrected chi connectivity index (χ4v) is 17.4. The van der Waals surface area contributed by atoms with Gasteiger partial charge in [-0.25, -0.2) is 0 Å².